The Kier molecular flexibility index (Phi) is 4.60. The number of hydrogen-bond donors (Lipinski definition) is 1. The molecule has 18 heavy (non-hydrogen) atoms. The Hall–Kier alpha value is -1.07. The molecule has 1 N–H and O–H groups in total. The van der Waals surface area contributed by atoms with Gasteiger partial charge in [-0.2, -0.15) is 4.37 Å². The van der Waals surface area contributed by atoms with Crippen LogP contribution in [-0.2, 0) is 5.75 Å². The van der Waals surface area contributed by atoms with Crippen LogP contribution < -0.4 is 5.32 Å². The van der Waals surface area contributed by atoms with E-state index in [2.05, 4.69) is 59.7 Å². The number of hydrogen-bond acceptors (Lipinski definition) is 5. The average molecular weight is 279 g/mol. The lowest BCUT2D eigenvalue weighted by atomic mass is 10.2. The summed E-state index contributed by atoms with van der Waals surface area (Å²) >= 11 is 3.20. The minimum absolute atomic E-state index is 0.398. The first-order valence-electron chi connectivity index (χ1n) is 5.92. The molecule has 0 unspecified atom stereocenters. The smallest absolute Gasteiger partial charge is 0.202 e. The van der Waals surface area contributed by atoms with Crippen molar-refractivity contribution in [3.05, 3.63) is 35.7 Å². The molecule has 0 aliphatic carbocycles. The van der Waals surface area contributed by atoms with Crippen LogP contribution in [0, 0.1) is 6.92 Å². The molecule has 0 radical (unpaired) electrons. The van der Waals surface area contributed by atoms with Crippen LogP contribution >= 0.6 is 23.3 Å². The van der Waals surface area contributed by atoms with Gasteiger partial charge in [-0.1, -0.05) is 17.7 Å². The highest BCUT2D eigenvalue weighted by Gasteiger charge is 2.05. The Balaban J connectivity index is 1.92. The Morgan fingerprint density at radius 1 is 1.39 bits per heavy atom. The summed E-state index contributed by atoms with van der Waals surface area (Å²) in [5.41, 5.74) is 1.29. The van der Waals surface area contributed by atoms with Gasteiger partial charge in [0.05, 0.1) is 5.75 Å². The van der Waals surface area contributed by atoms with Gasteiger partial charge in [-0.15, -0.1) is 11.8 Å². The van der Waals surface area contributed by atoms with Crippen LogP contribution in [0.4, 0.5) is 5.13 Å². The molecule has 5 heteroatoms. The summed E-state index contributed by atoms with van der Waals surface area (Å²) < 4.78 is 4.35. The van der Waals surface area contributed by atoms with Crippen molar-refractivity contribution in [2.45, 2.75) is 37.5 Å². The quantitative estimate of drug-likeness (QED) is 0.841. The lowest BCUT2D eigenvalue weighted by Crippen LogP contribution is -2.09. The first-order valence-corrected chi connectivity index (χ1v) is 7.68. The minimum atomic E-state index is 0.398. The van der Waals surface area contributed by atoms with E-state index in [0.717, 1.165) is 16.7 Å². The molecule has 0 spiro atoms. The van der Waals surface area contributed by atoms with Crippen LogP contribution in [0.1, 0.15) is 25.2 Å². The third-order valence-corrected chi connectivity index (χ3v) is 3.91. The second-order valence-corrected chi connectivity index (χ2v) is 6.22. The van der Waals surface area contributed by atoms with Crippen molar-refractivity contribution < 1.29 is 0 Å². The van der Waals surface area contributed by atoms with Crippen LogP contribution in [0.15, 0.2) is 29.2 Å². The van der Waals surface area contributed by atoms with Crippen molar-refractivity contribution in [2.24, 2.45) is 0 Å². The molecule has 1 aromatic carbocycles. The monoisotopic (exact) mass is 279 g/mol. The zero-order chi connectivity index (χ0) is 13.0. The topological polar surface area (TPSA) is 37.8 Å². The van der Waals surface area contributed by atoms with Gasteiger partial charge in [0.2, 0.25) is 5.13 Å². The van der Waals surface area contributed by atoms with E-state index in [4.69, 9.17) is 0 Å². The molecular formula is C13H17N3S2. The summed E-state index contributed by atoms with van der Waals surface area (Å²) in [5, 5.41) is 4.18. The van der Waals surface area contributed by atoms with Crippen LogP contribution in [0.25, 0.3) is 0 Å². The van der Waals surface area contributed by atoms with Crippen molar-refractivity contribution in [2.75, 3.05) is 5.32 Å². The average Bonchev–Trinajstić information content (AvgIpc) is 2.73. The number of nitrogens with zero attached hydrogens (tertiary/aromatic N) is 2. The Labute approximate surface area is 116 Å². The highest BCUT2D eigenvalue weighted by atomic mass is 32.2. The van der Waals surface area contributed by atoms with Crippen LogP contribution in [-0.4, -0.2) is 15.4 Å². The number of aryl methyl sites for hydroxylation is 1. The fraction of sp³-hybridized carbons (Fsp3) is 0.385. The maximum absolute atomic E-state index is 4.46. The molecule has 0 amide bonds. The van der Waals surface area contributed by atoms with Gasteiger partial charge < -0.3 is 5.32 Å². The van der Waals surface area contributed by atoms with Crippen LogP contribution in [0.3, 0.4) is 0 Å². The second kappa shape index (κ2) is 6.20. The molecule has 3 nitrogen and oxygen atoms in total. The lowest BCUT2D eigenvalue weighted by Gasteiger charge is -2.03. The number of benzene rings is 1. The second-order valence-electron chi connectivity index (χ2n) is 4.42. The number of thioether (sulfide) groups is 1. The molecule has 0 bridgehead atoms. The van der Waals surface area contributed by atoms with E-state index in [1.807, 2.05) is 0 Å². The van der Waals surface area contributed by atoms with E-state index in [1.54, 1.807) is 11.8 Å². The maximum atomic E-state index is 4.46. The van der Waals surface area contributed by atoms with Crippen molar-refractivity contribution in [3.8, 4) is 0 Å². The molecule has 2 rings (SSSR count). The van der Waals surface area contributed by atoms with Crippen molar-refractivity contribution in [3.63, 3.8) is 0 Å². The largest absolute Gasteiger partial charge is 0.358 e. The third-order valence-electron chi connectivity index (χ3n) is 2.24. The predicted octanol–water partition coefficient (Wildman–Crippen LogP) is 3.96. The van der Waals surface area contributed by atoms with Crippen LogP contribution in [0.5, 0.6) is 0 Å². The third kappa shape index (κ3) is 3.99. The lowest BCUT2D eigenvalue weighted by molar-refractivity contribution is 0.894. The normalized spacial score (nSPS) is 10.9. The van der Waals surface area contributed by atoms with Gasteiger partial charge in [0.1, 0.15) is 0 Å². The summed E-state index contributed by atoms with van der Waals surface area (Å²) in [6.07, 6.45) is 0. The van der Waals surface area contributed by atoms with Gasteiger partial charge in [-0.3, -0.25) is 0 Å². The van der Waals surface area contributed by atoms with Crippen molar-refractivity contribution in [1.29, 1.82) is 0 Å². The van der Waals surface area contributed by atoms with Gasteiger partial charge >= 0.3 is 0 Å². The summed E-state index contributed by atoms with van der Waals surface area (Å²) in [7, 11) is 0. The fourth-order valence-corrected chi connectivity index (χ4v) is 3.15. The number of rotatable bonds is 5. The zero-order valence-corrected chi connectivity index (χ0v) is 12.4. The Morgan fingerprint density at radius 2 is 2.22 bits per heavy atom. The molecule has 0 aliphatic heterocycles. The maximum Gasteiger partial charge on any atom is 0.202 e. The van der Waals surface area contributed by atoms with E-state index in [-0.39, 0.29) is 0 Å². The minimum Gasteiger partial charge on any atom is -0.358 e. The first-order chi connectivity index (χ1) is 8.63. The standard InChI is InChI=1S/C13H17N3S2/c1-9(2)14-13-15-12(16-18-13)8-17-11-6-4-5-10(3)7-11/h4-7,9H,8H2,1-3H3,(H,14,15,16). The molecule has 0 aliphatic rings. The molecular weight excluding hydrogens is 262 g/mol. The molecule has 1 heterocycles. The van der Waals surface area contributed by atoms with E-state index < -0.39 is 0 Å². The number of aromatic nitrogens is 2. The van der Waals surface area contributed by atoms with Gasteiger partial charge in [0, 0.05) is 22.5 Å². The van der Waals surface area contributed by atoms with E-state index in [0.29, 0.717) is 6.04 Å². The van der Waals surface area contributed by atoms with Gasteiger partial charge in [0.15, 0.2) is 5.82 Å². The fourth-order valence-electron chi connectivity index (χ4n) is 1.47. The summed E-state index contributed by atoms with van der Waals surface area (Å²) in [6.45, 7) is 6.31. The molecule has 96 valence electrons. The molecule has 1 aromatic heterocycles. The molecule has 0 saturated carbocycles. The summed E-state index contributed by atoms with van der Waals surface area (Å²) in [6, 6.07) is 8.89. The molecule has 0 fully saturated rings. The Bertz CT molecular complexity index is 508. The predicted molar refractivity (Wildman–Crippen MR) is 79.4 cm³/mol. The van der Waals surface area contributed by atoms with Crippen LogP contribution in [0.2, 0.25) is 0 Å². The summed E-state index contributed by atoms with van der Waals surface area (Å²) in [4.78, 5) is 5.73. The van der Waals surface area contributed by atoms with Crippen molar-refractivity contribution in [1.82, 2.24) is 9.36 Å². The number of anilines is 1. The first kappa shape index (κ1) is 13.4. The van der Waals surface area contributed by atoms with E-state index in [1.165, 1.54) is 22.0 Å². The van der Waals surface area contributed by atoms with E-state index >= 15 is 0 Å². The van der Waals surface area contributed by atoms with Gasteiger partial charge in [0.25, 0.3) is 0 Å². The Morgan fingerprint density at radius 3 is 2.94 bits per heavy atom. The van der Waals surface area contributed by atoms with Gasteiger partial charge in [-0.25, -0.2) is 4.98 Å². The highest BCUT2D eigenvalue weighted by molar-refractivity contribution is 7.98. The van der Waals surface area contributed by atoms with Gasteiger partial charge in [-0.05, 0) is 32.9 Å². The SMILES string of the molecule is Cc1cccc(SCc2nsc(NC(C)C)n2)c1. The molecule has 2 aromatic rings. The highest BCUT2D eigenvalue weighted by Crippen LogP contribution is 2.23. The van der Waals surface area contributed by atoms with Crippen molar-refractivity contribution >= 4 is 28.4 Å². The molecule has 0 atom stereocenters. The zero-order valence-electron chi connectivity index (χ0n) is 10.8. The molecule has 0 saturated heterocycles. The summed E-state index contributed by atoms with van der Waals surface area (Å²) in [5.74, 6) is 1.72. The van der Waals surface area contributed by atoms with E-state index in [9.17, 15) is 0 Å². The number of nitrogens with one attached hydrogen (secondary N) is 1.